The highest BCUT2D eigenvalue weighted by atomic mass is 79.9. The van der Waals surface area contributed by atoms with Gasteiger partial charge >= 0.3 is 0 Å². The minimum atomic E-state index is -0.243. The number of aryl methyl sites for hydroxylation is 1. The fraction of sp³-hybridized carbons (Fsp3) is 0.250. The maximum atomic E-state index is 13.0. The van der Waals surface area contributed by atoms with Gasteiger partial charge in [0.1, 0.15) is 5.82 Å². The molecule has 2 N–H and O–H groups in total. The second kappa shape index (κ2) is 6.83. The van der Waals surface area contributed by atoms with Gasteiger partial charge < -0.3 is 5.73 Å². The van der Waals surface area contributed by atoms with E-state index in [0.29, 0.717) is 0 Å². The molecule has 1 atom stereocenters. The molecule has 3 heteroatoms. The summed E-state index contributed by atoms with van der Waals surface area (Å²) in [6.45, 7) is 0. The molecule has 2 aromatic carbocycles. The lowest BCUT2D eigenvalue weighted by Crippen LogP contribution is -2.11. The predicted molar refractivity (Wildman–Crippen MR) is 80.4 cm³/mol. The minimum Gasteiger partial charge on any atom is -0.324 e. The van der Waals surface area contributed by atoms with Crippen LogP contribution in [0.2, 0.25) is 0 Å². The average Bonchev–Trinajstić information content (AvgIpc) is 2.39. The van der Waals surface area contributed by atoms with Gasteiger partial charge in [-0.05, 0) is 42.5 Å². The van der Waals surface area contributed by atoms with E-state index < -0.39 is 0 Å². The molecular formula is C16H17BrFN. The number of hydrogen-bond donors (Lipinski definition) is 1. The zero-order valence-electron chi connectivity index (χ0n) is 10.7. The third-order valence-corrected chi connectivity index (χ3v) is 3.87. The topological polar surface area (TPSA) is 26.0 Å². The summed E-state index contributed by atoms with van der Waals surface area (Å²) in [5.41, 5.74) is 8.45. The zero-order valence-corrected chi connectivity index (χ0v) is 12.2. The van der Waals surface area contributed by atoms with E-state index in [0.717, 1.165) is 29.3 Å². The first-order valence-electron chi connectivity index (χ1n) is 6.41. The number of hydrogen-bond acceptors (Lipinski definition) is 1. The Morgan fingerprint density at radius 1 is 1.11 bits per heavy atom. The Morgan fingerprint density at radius 2 is 1.84 bits per heavy atom. The Bertz CT molecular complexity index is 528. The van der Waals surface area contributed by atoms with Crippen LogP contribution >= 0.6 is 15.9 Å². The summed E-state index contributed by atoms with van der Waals surface area (Å²) in [6.07, 6.45) is 2.93. The molecule has 1 unspecified atom stereocenters. The molecule has 0 aliphatic carbocycles. The Morgan fingerprint density at radius 3 is 2.53 bits per heavy atom. The van der Waals surface area contributed by atoms with Gasteiger partial charge in [-0.15, -0.1) is 0 Å². The number of halogens is 2. The fourth-order valence-electron chi connectivity index (χ4n) is 2.13. The minimum absolute atomic E-state index is 0.0568. The molecule has 0 aromatic heterocycles. The van der Waals surface area contributed by atoms with Crippen molar-refractivity contribution in [3.05, 3.63) is 69.9 Å². The Kier molecular flexibility index (Phi) is 5.11. The SMILES string of the molecule is NC(CCCc1ccccc1)c1ccc(F)cc1Br. The molecule has 2 rings (SSSR count). The summed E-state index contributed by atoms with van der Waals surface area (Å²) in [5, 5.41) is 0. The largest absolute Gasteiger partial charge is 0.324 e. The number of rotatable bonds is 5. The van der Waals surface area contributed by atoms with Gasteiger partial charge in [-0.3, -0.25) is 0 Å². The van der Waals surface area contributed by atoms with Crippen LogP contribution in [0.15, 0.2) is 53.0 Å². The van der Waals surface area contributed by atoms with Crippen LogP contribution in [0.5, 0.6) is 0 Å². The molecule has 0 radical (unpaired) electrons. The molecule has 1 nitrogen and oxygen atoms in total. The highest BCUT2D eigenvalue weighted by Crippen LogP contribution is 2.26. The lowest BCUT2D eigenvalue weighted by molar-refractivity contribution is 0.600. The molecule has 0 spiro atoms. The van der Waals surface area contributed by atoms with Gasteiger partial charge in [0.05, 0.1) is 0 Å². The first kappa shape index (κ1) is 14.2. The van der Waals surface area contributed by atoms with E-state index in [-0.39, 0.29) is 11.9 Å². The van der Waals surface area contributed by atoms with Gasteiger partial charge in [-0.1, -0.05) is 52.3 Å². The van der Waals surface area contributed by atoms with Gasteiger partial charge in [0.2, 0.25) is 0 Å². The van der Waals surface area contributed by atoms with Crippen molar-refractivity contribution in [2.24, 2.45) is 5.73 Å². The Balaban J connectivity index is 1.89. The molecule has 19 heavy (non-hydrogen) atoms. The standard InChI is InChI=1S/C16H17BrFN/c17-15-11-13(18)9-10-14(15)16(19)8-4-7-12-5-2-1-3-6-12/h1-3,5-6,9-11,16H,4,7-8,19H2. The van der Waals surface area contributed by atoms with Crippen molar-refractivity contribution in [1.82, 2.24) is 0 Å². The van der Waals surface area contributed by atoms with Crippen LogP contribution in [0.1, 0.15) is 30.0 Å². The summed E-state index contributed by atoms with van der Waals surface area (Å²) in [4.78, 5) is 0. The first-order chi connectivity index (χ1) is 9.16. The van der Waals surface area contributed by atoms with Crippen LogP contribution in [0.3, 0.4) is 0 Å². The van der Waals surface area contributed by atoms with E-state index in [1.54, 1.807) is 6.07 Å². The molecule has 0 aliphatic rings. The number of nitrogens with two attached hydrogens (primary N) is 1. The van der Waals surface area contributed by atoms with E-state index in [1.807, 2.05) is 18.2 Å². The van der Waals surface area contributed by atoms with E-state index in [1.165, 1.54) is 17.7 Å². The lowest BCUT2D eigenvalue weighted by Gasteiger charge is -2.14. The molecule has 2 aromatic rings. The summed E-state index contributed by atoms with van der Waals surface area (Å²) in [7, 11) is 0. The molecule has 0 bridgehead atoms. The van der Waals surface area contributed by atoms with Crippen molar-refractivity contribution >= 4 is 15.9 Å². The molecule has 0 heterocycles. The van der Waals surface area contributed by atoms with Crippen molar-refractivity contribution in [1.29, 1.82) is 0 Å². The second-order valence-electron chi connectivity index (χ2n) is 4.65. The van der Waals surface area contributed by atoms with Crippen molar-refractivity contribution in [2.45, 2.75) is 25.3 Å². The monoisotopic (exact) mass is 321 g/mol. The molecule has 0 amide bonds. The van der Waals surface area contributed by atoms with Crippen LogP contribution in [-0.2, 0) is 6.42 Å². The molecule has 0 aliphatic heterocycles. The normalized spacial score (nSPS) is 12.4. The molecule has 0 saturated heterocycles. The molecule has 100 valence electrons. The fourth-order valence-corrected chi connectivity index (χ4v) is 2.77. The van der Waals surface area contributed by atoms with Crippen molar-refractivity contribution in [3.8, 4) is 0 Å². The van der Waals surface area contributed by atoms with Gasteiger partial charge in [-0.25, -0.2) is 4.39 Å². The van der Waals surface area contributed by atoms with E-state index in [2.05, 4.69) is 28.1 Å². The summed E-state index contributed by atoms with van der Waals surface area (Å²) >= 11 is 3.36. The Hall–Kier alpha value is -1.19. The quantitative estimate of drug-likeness (QED) is 0.855. The highest BCUT2D eigenvalue weighted by Gasteiger charge is 2.10. The van der Waals surface area contributed by atoms with Crippen LogP contribution in [-0.4, -0.2) is 0 Å². The smallest absolute Gasteiger partial charge is 0.124 e. The van der Waals surface area contributed by atoms with Crippen molar-refractivity contribution in [2.75, 3.05) is 0 Å². The van der Waals surface area contributed by atoms with Crippen molar-refractivity contribution < 1.29 is 4.39 Å². The van der Waals surface area contributed by atoms with Crippen molar-refractivity contribution in [3.63, 3.8) is 0 Å². The predicted octanol–water partition coefficient (Wildman–Crippen LogP) is 4.61. The van der Waals surface area contributed by atoms with E-state index >= 15 is 0 Å². The van der Waals surface area contributed by atoms with E-state index in [9.17, 15) is 4.39 Å². The molecular weight excluding hydrogens is 305 g/mol. The lowest BCUT2D eigenvalue weighted by atomic mass is 10.00. The summed E-state index contributed by atoms with van der Waals surface area (Å²) in [6, 6.07) is 15.0. The Labute approximate surface area is 121 Å². The first-order valence-corrected chi connectivity index (χ1v) is 7.20. The van der Waals surface area contributed by atoms with Crippen LogP contribution in [0.4, 0.5) is 4.39 Å². The maximum Gasteiger partial charge on any atom is 0.124 e. The van der Waals surface area contributed by atoms with Gasteiger partial charge in [0, 0.05) is 10.5 Å². The summed E-state index contributed by atoms with van der Waals surface area (Å²) in [5.74, 6) is -0.243. The van der Waals surface area contributed by atoms with Crippen LogP contribution in [0, 0.1) is 5.82 Å². The molecule has 0 saturated carbocycles. The molecule has 0 fully saturated rings. The third-order valence-electron chi connectivity index (χ3n) is 3.19. The summed E-state index contributed by atoms with van der Waals surface area (Å²) < 4.78 is 13.8. The van der Waals surface area contributed by atoms with Gasteiger partial charge in [0.25, 0.3) is 0 Å². The maximum absolute atomic E-state index is 13.0. The van der Waals surface area contributed by atoms with Crippen LogP contribution in [0.25, 0.3) is 0 Å². The average molecular weight is 322 g/mol. The van der Waals surface area contributed by atoms with Gasteiger partial charge in [-0.2, -0.15) is 0 Å². The third kappa shape index (κ3) is 4.15. The zero-order chi connectivity index (χ0) is 13.7. The second-order valence-corrected chi connectivity index (χ2v) is 5.50. The van der Waals surface area contributed by atoms with Crippen LogP contribution < -0.4 is 5.73 Å². The highest BCUT2D eigenvalue weighted by molar-refractivity contribution is 9.10. The van der Waals surface area contributed by atoms with Gasteiger partial charge in [0.15, 0.2) is 0 Å². The van der Waals surface area contributed by atoms with E-state index in [4.69, 9.17) is 5.73 Å². The number of benzene rings is 2.